The maximum Gasteiger partial charge on any atom is 0.234 e. The molecule has 6 nitrogen and oxygen atoms in total. The van der Waals surface area contributed by atoms with Crippen LogP contribution in [0, 0.1) is 6.92 Å². The molecule has 1 atom stereocenters. The van der Waals surface area contributed by atoms with E-state index in [0.717, 1.165) is 6.54 Å². The summed E-state index contributed by atoms with van der Waals surface area (Å²) in [6.45, 7) is 5.60. The van der Waals surface area contributed by atoms with Crippen LogP contribution >= 0.6 is 0 Å². The van der Waals surface area contributed by atoms with Crippen LogP contribution in [-0.2, 0) is 4.79 Å². The van der Waals surface area contributed by atoms with Crippen LogP contribution < -0.4 is 5.32 Å². The van der Waals surface area contributed by atoms with E-state index in [-0.39, 0.29) is 11.9 Å². The van der Waals surface area contributed by atoms with Crippen molar-refractivity contribution in [2.45, 2.75) is 19.9 Å². The Bertz CT molecular complexity index is 363. The van der Waals surface area contributed by atoms with Crippen LogP contribution in [-0.4, -0.2) is 40.6 Å². The van der Waals surface area contributed by atoms with E-state index < -0.39 is 0 Å². The first-order valence-corrected chi connectivity index (χ1v) is 4.97. The molecule has 0 aliphatic carbocycles. The quantitative estimate of drug-likeness (QED) is 0.736. The lowest BCUT2D eigenvalue weighted by atomic mass is 10.2. The molecule has 1 aliphatic rings. The summed E-state index contributed by atoms with van der Waals surface area (Å²) in [4.78, 5) is 13.2. The normalized spacial score (nSPS) is 20.0. The number of nitrogens with zero attached hydrogens (tertiary/aromatic N) is 3. The molecule has 1 amide bonds. The van der Waals surface area contributed by atoms with Gasteiger partial charge in [0, 0.05) is 20.0 Å². The summed E-state index contributed by atoms with van der Waals surface area (Å²) >= 11 is 0. The molecule has 6 heteroatoms. The third-order valence-corrected chi connectivity index (χ3v) is 2.51. The predicted octanol–water partition coefficient (Wildman–Crippen LogP) is -0.129. The molecule has 1 aliphatic heterocycles. The van der Waals surface area contributed by atoms with Crippen LogP contribution in [0.2, 0.25) is 0 Å². The monoisotopic (exact) mass is 210 g/mol. The number of piperazine rings is 1. The van der Waals surface area contributed by atoms with Gasteiger partial charge < -0.3 is 9.73 Å². The van der Waals surface area contributed by atoms with Crippen molar-refractivity contribution in [3.05, 3.63) is 11.8 Å². The largest absolute Gasteiger partial charge is 0.424 e. The molecule has 0 unspecified atom stereocenters. The minimum absolute atomic E-state index is 0.00255. The molecule has 2 heterocycles. The lowest BCUT2D eigenvalue weighted by Gasteiger charge is -2.29. The molecule has 15 heavy (non-hydrogen) atoms. The van der Waals surface area contributed by atoms with Crippen molar-refractivity contribution in [3.8, 4) is 0 Å². The number of rotatable bonds is 2. The van der Waals surface area contributed by atoms with E-state index >= 15 is 0 Å². The van der Waals surface area contributed by atoms with Crippen molar-refractivity contribution in [1.82, 2.24) is 20.4 Å². The molecule has 0 spiro atoms. The highest BCUT2D eigenvalue weighted by atomic mass is 16.4. The minimum atomic E-state index is -0.00255. The topological polar surface area (TPSA) is 71.3 Å². The highest BCUT2D eigenvalue weighted by Crippen LogP contribution is 2.18. The molecule has 0 bridgehead atoms. The van der Waals surface area contributed by atoms with Crippen LogP contribution in [0.1, 0.15) is 24.7 Å². The third kappa shape index (κ3) is 2.15. The Hall–Kier alpha value is -1.43. The van der Waals surface area contributed by atoms with E-state index in [2.05, 4.69) is 15.5 Å². The Labute approximate surface area is 87.7 Å². The van der Waals surface area contributed by atoms with Gasteiger partial charge in [-0.05, 0) is 6.92 Å². The van der Waals surface area contributed by atoms with Crippen molar-refractivity contribution in [3.63, 3.8) is 0 Å². The van der Waals surface area contributed by atoms with Crippen molar-refractivity contribution in [2.24, 2.45) is 0 Å². The summed E-state index contributed by atoms with van der Waals surface area (Å²) in [5.74, 6) is 1.17. The summed E-state index contributed by atoms with van der Waals surface area (Å²) in [6.07, 6.45) is 0. The van der Waals surface area contributed by atoms with E-state index in [4.69, 9.17) is 4.42 Å². The number of hydrogen-bond acceptors (Lipinski definition) is 5. The van der Waals surface area contributed by atoms with Gasteiger partial charge in [-0.2, -0.15) is 0 Å². The van der Waals surface area contributed by atoms with Gasteiger partial charge in [-0.25, -0.2) is 0 Å². The van der Waals surface area contributed by atoms with E-state index in [0.29, 0.717) is 24.9 Å². The molecule has 1 saturated heterocycles. The molecule has 1 fully saturated rings. The summed E-state index contributed by atoms with van der Waals surface area (Å²) < 4.78 is 5.34. The minimum Gasteiger partial charge on any atom is -0.424 e. The lowest BCUT2D eigenvalue weighted by molar-refractivity contribution is -0.124. The second kappa shape index (κ2) is 3.98. The van der Waals surface area contributed by atoms with Crippen molar-refractivity contribution < 1.29 is 9.21 Å². The summed E-state index contributed by atoms with van der Waals surface area (Å²) in [5.41, 5.74) is 0. The Kier molecular flexibility index (Phi) is 2.68. The van der Waals surface area contributed by atoms with Crippen LogP contribution in [0.25, 0.3) is 0 Å². The molecule has 82 valence electrons. The molecule has 2 rings (SSSR count). The van der Waals surface area contributed by atoms with E-state index in [1.54, 1.807) is 6.92 Å². The fourth-order valence-corrected chi connectivity index (χ4v) is 1.63. The van der Waals surface area contributed by atoms with Crippen LogP contribution in [0.3, 0.4) is 0 Å². The highest BCUT2D eigenvalue weighted by Gasteiger charge is 2.25. The zero-order valence-electron chi connectivity index (χ0n) is 8.86. The lowest BCUT2D eigenvalue weighted by Crippen LogP contribution is -2.48. The predicted molar refractivity (Wildman–Crippen MR) is 52.0 cm³/mol. The molecule has 1 N–H and O–H groups in total. The highest BCUT2D eigenvalue weighted by molar-refractivity contribution is 5.78. The number of hydrogen-bond donors (Lipinski definition) is 1. The van der Waals surface area contributed by atoms with E-state index in [1.807, 2.05) is 11.8 Å². The maximum absolute atomic E-state index is 11.2. The van der Waals surface area contributed by atoms with Gasteiger partial charge in [-0.1, -0.05) is 0 Å². The Morgan fingerprint density at radius 3 is 2.93 bits per heavy atom. The van der Waals surface area contributed by atoms with Gasteiger partial charge >= 0.3 is 0 Å². The summed E-state index contributed by atoms with van der Waals surface area (Å²) in [5, 5.41) is 10.5. The SMILES string of the molecule is Cc1nnc([C@@H](C)N2CCNC(=O)C2)o1. The van der Waals surface area contributed by atoms with Crippen LogP contribution in [0.4, 0.5) is 0 Å². The molecular formula is C9H14N4O2. The van der Waals surface area contributed by atoms with Gasteiger partial charge in [0.25, 0.3) is 0 Å². The maximum atomic E-state index is 11.2. The standard InChI is InChI=1S/C9H14N4O2/c1-6(9-12-11-7(2)15-9)13-4-3-10-8(14)5-13/h6H,3-5H2,1-2H3,(H,10,14)/t6-/m1/s1. The summed E-state index contributed by atoms with van der Waals surface area (Å²) in [6, 6.07) is -0.00255. The Morgan fingerprint density at radius 1 is 1.53 bits per heavy atom. The second-order valence-electron chi connectivity index (χ2n) is 3.66. The first kappa shape index (κ1) is 10.1. The average Bonchev–Trinajstić information content (AvgIpc) is 2.64. The number of amides is 1. The third-order valence-electron chi connectivity index (χ3n) is 2.51. The van der Waals surface area contributed by atoms with Gasteiger partial charge in [0.15, 0.2) is 0 Å². The Balaban J connectivity index is 2.06. The van der Waals surface area contributed by atoms with Crippen molar-refractivity contribution in [2.75, 3.05) is 19.6 Å². The van der Waals surface area contributed by atoms with E-state index in [9.17, 15) is 4.79 Å². The molecule has 1 aromatic rings. The van der Waals surface area contributed by atoms with Gasteiger partial charge in [-0.3, -0.25) is 9.69 Å². The fraction of sp³-hybridized carbons (Fsp3) is 0.667. The summed E-state index contributed by atoms with van der Waals surface area (Å²) in [7, 11) is 0. The molecule has 0 radical (unpaired) electrons. The first-order valence-electron chi connectivity index (χ1n) is 4.97. The Morgan fingerprint density at radius 2 is 2.33 bits per heavy atom. The second-order valence-corrected chi connectivity index (χ2v) is 3.66. The first-order chi connectivity index (χ1) is 7.16. The van der Waals surface area contributed by atoms with Crippen molar-refractivity contribution >= 4 is 5.91 Å². The van der Waals surface area contributed by atoms with Gasteiger partial charge in [-0.15, -0.1) is 10.2 Å². The molecule has 0 saturated carbocycles. The number of carbonyl (C=O) groups excluding carboxylic acids is 1. The zero-order valence-corrected chi connectivity index (χ0v) is 8.86. The van der Waals surface area contributed by atoms with Crippen LogP contribution in [0.5, 0.6) is 0 Å². The number of nitrogens with one attached hydrogen (secondary N) is 1. The van der Waals surface area contributed by atoms with Gasteiger partial charge in [0.2, 0.25) is 17.7 Å². The fourth-order valence-electron chi connectivity index (χ4n) is 1.63. The average molecular weight is 210 g/mol. The van der Waals surface area contributed by atoms with E-state index in [1.165, 1.54) is 0 Å². The smallest absolute Gasteiger partial charge is 0.234 e. The molecular weight excluding hydrogens is 196 g/mol. The number of carbonyl (C=O) groups is 1. The van der Waals surface area contributed by atoms with Crippen molar-refractivity contribution in [1.29, 1.82) is 0 Å². The zero-order chi connectivity index (χ0) is 10.8. The number of aryl methyl sites for hydroxylation is 1. The van der Waals surface area contributed by atoms with Crippen LogP contribution in [0.15, 0.2) is 4.42 Å². The molecule has 1 aromatic heterocycles. The molecule has 0 aromatic carbocycles. The van der Waals surface area contributed by atoms with Gasteiger partial charge in [0.05, 0.1) is 12.6 Å². The van der Waals surface area contributed by atoms with Gasteiger partial charge in [0.1, 0.15) is 0 Å². The number of aromatic nitrogens is 2.